The van der Waals surface area contributed by atoms with Crippen LogP contribution in [0, 0.1) is 11.3 Å². The Morgan fingerprint density at radius 1 is 1.36 bits per heavy atom. The van der Waals surface area contributed by atoms with Gasteiger partial charge < -0.3 is 15.0 Å². The predicted octanol–water partition coefficient (Wildman–Crippen LogP) is 2.92. The molecule has 0 unspecified atom stereocenters. The van der Waals surface area contributed by atoms with Crippen molar-refractivity contribution in [2.75, 3.05) is 33.4 Å². The Morgan fingerprint density at radius 2 is 2.16 bits per heavy atom. The minimum Gasteiger partial charge on any atom is -0.385 e. The van der Waals surface area contributed by atoms with E-state index in [0.29, 0.717) is 19.7 Å². The van der Waals surface area contributed by atoms with Crippen molar-refractivity contribution in [3.8, 4) is 0 Å². The topological polar surface area (TPSA) is 58.6 Å². The SMILES string of the molecule is COCCCNC(=O)[C@@H]1CN(C(=O)c2cccs2)CC12CCCCC2. The van der Waals surface area contributed by atoms with Gasteiger partial charge in [-0.1, -0.05) is 25.3 Å². The summed E-state index contributed by atoms with van der Waals surface area (Å²) in [6.07, 6.45) is 6.49. The van der Waals surface area contributed by atoms with Crippen molar-refractivity contribution < 1.29 is 14.3 Å². The maximum Gasteiger partial charge on any atom is 0.263 e. The van der Waals surface area contributed by atoms with Gasteiger partial charge in [-0.05, 0) is 30.7 Å². The van der Waals surface area contributed by atoms with Crippen LogP contribution in [0.4, 0.5) is 0 Å². The molecule has 2 fully saturated rings. The monoisotopic (exact) mass is 364 g/mol. The summed E-state index contributed by atoms with van der Waals surface area (Å²) in [5.74, 6) is 0.105. The fraction of sp³-hybridized carbons (Fsp3) is 0.684. The van der Waals surface area contributed by atoms with E-state index in [-0.39, 0.29) is 23.1 Å². The van der Waals surface area contributed by atoms with Gasteiger partial charge in [-0.3, -0.25) is 9.59 Å². The average molecular weight is 365 g/mol. The molecule has 1 atom stereocenters. The van der Waals surface area contributed by atoms with Crippen LogP contribution in [0.15, 0.2) is 17.5 Å². The molecule has 0 aromatic carbocycles. The number of nitrogens with one attached hydrogen (secondary N) is 1. The fourth-order valence-electron chi connectivity index (χ4n) is 4.35. The molecule has 2 aliphatic rings. The van der Waals surface area contributed by atoms with Crippen molar-refractivity contribution >= 4 is 23.2 Å². The van der Waals surface area contributed by atoms with Crippen LogP contribution in [0.1, 0.15) is 48.2 Å². The van der Waals surface area contributed by atoms with Gasteiger partial charge in [0.1, 0.15) is 0 Å². The molecule has 5 nitrogen and oxygen atoms in total. The second-order valence-corrected chi connectivity index (χ2v) is 8.22. The molecule has 3 rings (SSSR count). The molecule has 1 aliphatic heterocycles. The Hall–Kier alpha value is -1.40. The number of carbonyl (C=O) groups is 2. The first-order chi connectivity index (χ1) is 12.2. The highest BCUT2D eigenvalue weighted by Gasteiger charge is 2.51. The minimum atomic E-state index is -0.0840. The standard InChI is InChI=1S/C19H28N2O3S/c1-24-11-6-10-20-17(22)15-13-21(18(23)16-7-5-12-25-16)14-19(15)8-3-2-4-9-19/h5,7,12,15H,2-4,6,8-11,13-14H2,1H3,(H,20,22)/t15-/m0/s1. The van der Waals surface area contributed by atoms with E-state index in [0.717, 1.165) is 43.5 Å². The molecule has 2 amide bonds. The molecule has 1 saturated heterocycles. The maximum absolute atomic E-state index is 12.8. The predicted molar refractivity (Wildman–Crippen MR) is 98.7 cm³/mol. The first kappa shape index (κ1) is 18.4. The normalized spacial score (nSPS) is 22.3. The van der Waals surface area contributed by atoms with E-state index in [1.54, 1.807) is 7.11 Å². The van der Waals surface area contributed by atoms with Gasteiger partial charge in [-0.2, -0.15) is 0 Å². The highest BCUT2D eigenvalue weighted by Crippen LogP contribution is 2.48. The Labute approximate surface area is 153 Å². The van der Waals surface area contributed by atoms with E-state index in [1.165, 1.54) is 17.8 Å². The second-order valence-electron chi connectivity index (χ2n) is 7.28. The Morgan fingerprint density at radius 3 is 2.84 bits per heavy atom. The molecular formula is C19H28N2O3S. The smallest absolute Gasteiger partial charge is 0.263 e. The quantitative estimate of drug-likeness (QED) is 0.790. The van der Waals surface area contributed by atoms with E-state index >= 15 is 0 Å². The molecule has 1 aromatic rings. The number of rotatable bonds is 6. The number of hydrogen-bond acceptors (Lipinski definition) is 4. The molecule has 6 heteroatoms. The number of amides is 2. The highest BCUT2D eigenvalue weighted by atomic mass is 32.1. The lowest BCUT2D eigenvalue weighted by Gasteiger charge is -2.37. The molecule has 0 bridgehead atoms. The summed E-state index contributed by atoms with van der Waals surface area (Å²) < 4.78 is 5.05. The number of ether oxygens (including phenoxy) is 1. The third kappa shape index (κ3) is 4.06. The Balaban J connectivity index is 1.70. The first-order valence-electron chi connectivity index (χ1n) is 9.26. The zero-order chi connectivity index (χ0) is 17.7. The highest BCUT2D eigenvalue weighted by molar-refractivity contribution is 7.12. The summed E-state index contributed by atoms with van der Waals surface area (Å²) in [5, 5.41) is 5.00. The minimum absolute atomic E-state index is 0.0312. The largest absolute Gasteiger partial charge is 0.385 e. The lowest BCUT2D eigenvalue weighted by molar-refractivity contribution is -0.128. The third-order valence-electron chi connectivity index (χ3n) is 5.66. The van der Waals surface area contributed by atoms with Crippen LogP contribution >= 0.6 is 11.3 Å². The average Bonchev–Trinajstić information content (AvgIpc) is 3.27. The summed E-state index contributed by atoms with van der Waals surface area (Å²) in [6.45, 7) is 2.56. The zero-order valence-corrected chi connectivity index (χ0v) is 15.8. The molecule has 1 spiro atoms. The van der Waals surface area contributed by atoms with E-state index < -0.39 is 0 Å². The lowest BCUT2D eigenvalue weighted by Crippen LogP contribution is -2.42. The molecule has 1 saturated carbocycles. The zero-order valence-electron chi connectivity index (χ0n) is 15.0. The van der Waals surface area contributed by atoms with E-state index in [4.69, 9.17) is 4.74 Å². The first-order valence-corrected chi connectivity index (χ1v) is 10.1. The lowest BCUT2D eigenvalue weighted by atomic mass is 9.67. The van der Waals surface area contributed by atoms with Gasteiger partial charge in [-0.25, -0.2) is 0 Å². The summed E-state index contributed by atoms with van der Waals surface area (Å²) in [5.41, 5.74) is -0.0312. The maximum atomic E-state index is 12.8. The van der Waals surface area contributed by atoms with Crippen molar-refractivity contribution in [2.24, 2.45) is 11.3 Å². The summed E-state index contributed by atoms with van der Waals surface area (Å²) >= 11 is 1.48. The van der Waals surface area contributed by atoms with Crippen LogP contribution in [-0.4, -0.2) is 50.1 Å². The molecule has 0 radical (unpaired) electrons. The second kappa shape index (κ2) is 8.32. The van der Waals surface area contributed by atoms with Gasteiger partial charge in [0.05, 0.1) is 10.8 Å². The summed E-state index contributed by atoms with van der Waals surface area (Å²) in [7, 11) is 1.67. The van der Waals surface area contributed by atoms with Crippen LogP contribution in [0.3, 0.4) is 0 Å². The van der Waals surface area contributed by atoms with Gasteiger partial charge in [0.2, 0.25) is 5.91 Å². The van der Waals surface area contributed by atoms with Crippen molar-refractivity contribution in [1.82, 2.24) is 10.2 Å². The molecule has 25 heavy (non-hydrogen) atoms. The molecule has 138 valence electrons. The van der Waals surface area contributed by atoms with E-state index in [1.807, 2.05) is 22.4 Å². The van der Waals surface area contributed by atoms with Gasteiger partial charge in [0.25, 0.3) is 5.91 Å². The number of hydrogen-bond donors (Lipinski definition) is 1. The number of carbonyl (C=O) groups excluding carboxylic acids is 2. The summed E-state index contributed by atoms with van der Waals surface area (Å²) in [6, 6.07) is 3.78. The van der Waals surface area contributed by atoms with Crippen LogP contribution in [0.2, 0.25) is 0 Å². The molecule has 1 aromatic heterocycles. The molecule has 1 N–H and O–H groups in total. The fourth-order valence-corrected chi connectivity index (χ4v) is 5.05. The van der Waals surface area contributed by atoms with Gasteiger partial charge in [-0.15, -0.1) is 11.3 Å². The van der Waals surface area contributed by atoms with Crippen molar-refractivity contribution in [1.29, 1.82) is 0 Å². The number of likely N-dealkylation sites (tertiary alicyclic amines) is 1. The van der Waals surface area contributed by atoms with E-state index in [2.05, 4.69) is 5.32 Å². The van der Waals surface area contributed by atoms with Gasteiger partial charge in [0, 0.05) is 38.8 Å². The van der Waals surface area contributed by atoms with Crippen molar-refractivity contribution in [3.63, 3.8) is 0 Å². The van der Waals surface area contributed by atoms with Crippen molar-refractivity contribution in [3.05, 3.63) is 22.4 Å². The third-order valence-corrected chi connectivity index (χ3v) is 6.52. The van der Waals surface area contributed by atoms with Gasteiger partial charge >= 0.3 is 0 Å². The van der Waals surface area contributed by atoms with Crippen molar-refractivity contribution in [2.45, 2.75) is 38.5 Å². The van der Waals surface area contributed by atoms with Crippen LogP contribution < -0.4 is 5.32 Å². The summed E-state index contributed by atoms with van der Waals surface area (Å²) in [4.78, 5) is 28.3. The van der Waals surface area contributed by atoms with Crippen LogP contribution in [0.25, 0.3) is 0 Å². The van der Waals surface area contributed by atoms with Crippen LogP contribution in [0.5, 0.6) is 0 Å². The Bertz CT molecular complexity index is 581. The molecule has 1 aliphatic carbocycles. The molecular weight excluding hydrogens is 336 g/mol. The van der Waals surface area contributed by atoms with Gasteiger partial charge in [0.15, 0.2) is 0 Å². The van der Waals surface area contributed by atoms with Crippen LogP contribution in [-0.2, 0) is 9.53 Å². The van der Waals surface area contributed by atoms with E-state index in [9.17, 15) is 9.59 Å². The number of nitrogens with zero attached hydrogens (tertiary/aromatic N) is 1. The Kier molecular flexibility index (Phi) is 6.12. The molecule has 2 heterocycles. The number of thiophene rings is 1. The number of methoxy groups -OCH3 is 1.